The second kappa shape index (κ2) is 9.50. The first-order valence-electron chi connectivity index (χ1n) is 10.2. The molecule has 2 aromatic heterocycles. The Morgan fingerprint density at radius 3 is 2.70 bits per heavy atom. The number of morpholine rings is 1. The zero-order valence-corrected chi connectivity index (χ0v) is 17.2. The SMILES string of the molecule is Cc1cc(N2CCOCC2)ccc1-c1ccc(CC(=O)NCc2cccnc2)nc1. The van der Waals surface area contributed by atoms with Gasteiger partial charge in [-0.25, -0.2) is 0 Å². The second-order valence-electron chi connectivity index (χ2n) is 7.45. The summed E-state index contributed by atoms with van der Waals surface area (Å²) in [7, 11) is 0. The maximum absolute atomic E-state index is 12.2. The molecule has 1 aliphatic heterocycles. The van der Waals surface area contributed by atoms with Crippen LogP contribution in [-0.2, 0) is 22.5 Å². The highest BCUT2D eigenvalue weighted by atomic mass is 16.5. The van der Waals surface area contributed by atoms with E-state index in [4.69, 9.17) is 4.74 Å². The average Bonchev–Trinajstić information content (AvgIpc) is 2.80. The molecule has 1 aliphatic rings. The summed E-state index contributed by atoms with van der Waals surface area (Å²) in [6, 6.07) is 14.3. The number of nitrogens with one attached hydrogen (secondary N) is 1. The largest absolute Gasteiger partial charge is 0.378 e. The zero-order chi connectivity index (χ0) is 20.8. The number of aryl methyl sites for hydroxylation is 1. The topological polar surface area (TPSA) is 67.3 Å². The molecule has 0 atom stereocenters. The number of carbonyl (C=O) groups is 1. The number of hydrogen-bond acceptors (Lipinski definition) is 5. The number of aromatic nitrogens is 2. The van der Waals surface area contributed by atoms with E-state index >= 15 is 0 Å². The minimum atomic E-state index is -0.0508. The predicted octanol–water partition coefficient (Wildman–Crippen LogP) is 3.15. The lowest BCUT2D eigenvalue weighted by molar-refractivity contribution is -0.120. The molecule has 0 unspecified atom stereocenters. The molecule has 154 valence electrons. The van der Waals surface area contributed by atoms with Gasteiger partial charge in [0.15, 0.2) is 0 Å². The highest BCUT2D eigenvalue weighted by Gasteiger charge is 2.13. The van der Waals surface area contributed by atoms with Crippen molar-refractivity contribution in [3.63, 3.8) is 0 Å². The molecule has 0 bridgehead atoms. The van der Waals surface area contributed by atoms with Crippen LogP contribution in [0.1, 0.15) is 16.8 Å². The van der Waals surface area contributed by atoms with Gasteiger partial charge in [0.05, 0.1) is 19.6 Å². The Morgan fingerprint density at radius 1 is 1.13 bits per heavy atom. The van der Waals surface area contributed by atoms with Gasteiger partial charge in [-0.2, -0.15) is 0 Å². The Kier molecular flexibility index (Phi) is 6.35. The van der Waals surface area contributed by atoms with Gasteiger partial charge in [-0.3, -0.25) is 14.8 Å². The summed E-state index contributed by atoms with van der Waals surface area (Å²) >= 11 is 0. The smallest absolute Gasteiger partial charge is 0.226 e. The van der Waals surface area contributed by atoms with Crippen molar-refractivity contribution in [1.29, 1.82) is 0 Å². The van der Waals surface area contributed by atoms with Crippen LogP contribution in [0.25, 0.3) is 11.1 Å². The van der Waals surface area contributed by atoms with Gasteiger partial charge in [-0.05, 0) is 47.9 Å². The number of amides is 1. The predicted molar refractivity (Wildman–Crippen MR) is 117 cm³/mol. The molecule has 1 aromatic carbocycles. The van der Waals surface area contributed by atoms with Crippen molar-refractivity contribution in [1.82, 2.24) is 15.3 Å². The van der Waals surface area contributed by atoms with Crippen LogP contribution in [0.2, 0.25) is 0 Å². The summed E-state index contributed by atoms with van der Waals surface area (Å²) in [5.74, 6) is -0.0508. The molecule has 0 aliphatic carbocycles. The molecule has 0 saturated carbocycles. The van der Waals surface area contributed by atoms with Gasteiger partial charge < -0.3 is 15.0 Å². The van der Waals surface area contributed by atoms with Crippen molar-refractivity contribution in [2.24, 2.45) is 0 Å². The summed E-state index contributed by atoms with van der Waals surface area (Å²) in [5.41, 5.74) is 6.39. The number of ether oxygens (including phenoxy) is 1. The van der Waals surface area contributed by atoms with E-state index in [-0.39, 0.29) is 12.3 Å². The molecule has 1 fully saturated rings. The standard InChI is InChI=1S/C24H26N4O2/c1-18-13-22(28-9-11-30-12-10-28)6-7-23(18)20-4-5-21(26-17-20)14-24(29)27-16-19-3-2-8-25-15-19/h2-8,13,15,17H,9-12,14,16H2,1H3,(H,27,29). The van der Waals surface area contributed by atoms with Crippen LogP contribution >= 0.6 is 0 Å². The average molecular weight is 402 g/mol. The fourth-order valence-corrected chi connectivity index (χ4v) is 3.61. The van der Waals surface area contributed by atoms with E-state index in [2.05, 4.69) is 45.3 Å². The molecule has 1 N–H and O–H groups in total. The summed E-state index contributed by atoms with van der Waals surface area (Å²) in [6.07, 6.45) is 5.57. The van der Waals surface area contributed by atoms with E-state index in [1.54, 1.807) is 12.4 Å². The number of benzene rings is 1. The first-order valence-corrected chi connectivity index (χ1v) is 10.2. The zero-order valence-electron chi connectivity index (χ0n) is 17.2. The number of pyridine rings is 2. The molecule has 1 amide bonds. The van der Waals surface area contributed by atoms with Gasteiger partial charge in [0.2, 0.25) is 5.91 Å². The van der Waals surface area contributed by atoms with E-state index in [1.807, 2.05) is 30.5 Å². The maximum atomic E-state index is 12.2. The lowest BCUT2D eigenvalue weighted by atomic mass is 10.0. The van der Waals surface area contributed by atoms with Crippen molar-refractivity contribution in [3.05, 3.63) is 77.9 Å². The third-order valence-electron chi connectivity index (χ3n) is 5.28. The monoisotopic (exact) mass is 402 g/mol. The Balaban J connectivity index is 1.37. The van der Waals surface area contributed by atoms with Crippen molar-refractivity contribution in [2.45, 2.75) is 19.9 Å². The van der Waals surface area contributed by atoms with Crippen molar-refractivity contribution >= 4 is 11.6 Å². The molecule has 30 heavy (non-hydrogen) atoms. The van der Waals surface area contributed by atoms with Crippen LogP contribution in [0.3, 0.4) is 0 Å². The molecule has 3 heterocycles. The number of nitrogens with zero attached hydrogens (tertiary/aromatic N) is 3. The van der Waals surface area contributed by atoms with Gasteiger partial charge >= 0.3 is 0 Å². The fourth-order valence-electron chi connectivity index (χ4n) is 3.61. The van der Waals surface area contributed by atoms with Gasteiger partial charge in [-0.15, -0.1) is 0 Å². The lowest BCUT2D eigenvalue weighted by Crippen LogP contribution is -2.36. The third kappa shape index (κ3) is 5.02. The van der Waals surface area contributed by atoms with Gasteiger partial charge in [0.1, 0.15) is 0 Å². The molecular formula is C24H26N4O2. The van der Waals surface area contributed by atoms with Crippen LogP contribution in [-0.4, -0.2) is 42.2 Å². The van der Waals surface area contributed by atoms with Crippen LogP contribution in [0.15, 0.2) is 61.1 Å². The van der Waals surface area contributed by atoms with E-state index in [0.717, 1.165) is 48.7 Å². The minimum absolute atomic E-state index is 0.0508. The Bertz CT molecular complexity index is 984. The molecule has 6 nitrogen and oxygen atoms in total. The van der Waals surface area contributed by atoms with Crippen molar-refractivity contribution in [3.8, 4) is 11.1 Å². The first-order chi connectivity index (χ1) is 14.7. The minimum Gasteiger partial charge on any atom is -0.378 e. The fraction of sp³-hybridized carbons (Fsp3) is 0.292. The number of anilines is 1. The number of rotatable bonds is 6. The highest BCUT2D eigenvalue weighted by molar-refractivity contribution is 5.78. The van der Waals surface area contributed by atoms with E-state index in [9.17, 15) is 4.79 Å². The highest BCUT2D eigenvalue weighted by Crippen LogP contribution is 2.27. The van der Waals surface area contributed by atoms with E-state index in [1.165, 1.54) is 11.3 Å². The lowest BCUT2D eigenvalue weighted by Gasteiger charge is -2.29. The molecule has 0 radical (unpaired) electrons. The second-order valence-corrected chi connectivity index (χ2v) is 7.45. The first kappa shape index (κ1) is 20.0. The van der Waals surface area contributed by atoms with E-state index < -0.39 is 0 Å². The number of carbonyl (C=O) groups excluding carboxylic acids is 1. The van der Waals surface area contributed by atoms with Crippen molar-refractivity contribution in [2.75, 3.05) is 31.2 Å². The third-order valence-corrected chi connectivity index (χ3v) is 5.28. The van der Waals surface area contributed by atoms with Gasteiger partial charge in [0.25, 0.3) is 0 Å². The van der Waals surface area contributed by atoms with Gasteiger partial charge in [0, 0.05) is 55.2 Å². The molecule has 0 spiro atoms. The normalized spacial score (nSPS) is 13.8. The summed E-state index contributed by atoms with van der Waals surface area (Å²) in [5, 5.41) is 2.91. The quantitative estimate of drug-likeness (QED) is 0.686. The Hall–Kier alpha value is -3.25. The molecule has 4 rings (SSSR count). The van der Waals surface area contributed by atoms with Crippen molar-refractivity contribution < 1.29 is 9.53 Å². The number of hydrogen-bond donors (Lipinski definition) is 1. The molecule has 6 heteroatoms. The molecular weight excluding hydrogens is 376 g/mol. The Labute approximate surface area is 176 Å². The Morgan fingerprint density at radius 2 is 2.00 bits per heavy atom. The van der Waals surface area contributed by atoms with E-state index in [0.29, 0.717) is 6.54 Å². The maximum Gasteiger partial charge on any atom is 0.226 e. The van der Waals surface area contributed by atoms with Gasteiger partial charge in [-0.1, -0.05) is 18.2 Å². The van der Waals surface area contributed by atoms with Crippen LogP contribution in [0, 0.1) is 6.92 Å². The summed E-state index contributed by atoms with van der Waals surface area (Å²) in [4.78, 5) is 23.1. The molecule has 3 aromatic rings. The van der Waals surface area contributed by atoms with Crippen LogP contribution in [0.4, 0.5) is 5.69 Å². The summed E-state index contributed by atoms with van der Waals surface area (Å²) in [6.45, 7) is 6.01. The molecule has 1 saturated heterocycles. The van der Waals surface area contributed by atoms with Crippen LogP contribution in [0.5, 0.6) is 0 Å². The summed E-state index contributed by atoms with van der Waals surface area (Å²) < 4.78 is 5.44. The van der Waals surface area contributed by atoms with Crippen LogP contribution < -0.4 is 10.2 Å².